The molecule has 0 nitrogen and oxygen atoms in total. The van der Waals surface area contributed by atoms with Crippen LogP contribution < -0.4 is 0 Å². The zero-order valence-electron chi connectivity index (χ0n) is 12.7. The second-order valence-corrected chi connectivity index (χ2v) is 7.29. The standard InChI is InChI=1S/C17H31Cl/c1-6-7-16(18)11-15-10-13(4)14(5)17(15)9-8-12(2)3/h12,14-17H,4,6-11H2,1-3,5H3. The fourth-order valence-corrected chi connectivity index (χ4v) is 3.86. The van der Waals surface area contributed by atoms with E-state index < -0.39 is 0 Å². The maximum atomic E-state index is 6.45. The lowest BCUT2D eigenvalue weighted by Gasteiger charge is -2.25. The topological polar surface area (TPSA) is 0 Å². The highest BCUT2D eigenvalue weighted by Crippen LogP contribution is 2.45. The van der Waals surface area contributed by atoms with Crippen LogP contribution >= 0.6 is 11.6 Å². The minimum atomic E-state index is 0.375. The van der Waals surface area contributed by atoms with Crippen LogP contribution in [0.3, 0.4) is 0 Å². The van der Waals surface area contributed by atoms with Crippen molar-refractivity contribution in [1.82, 2.24) is 0 Å². The summed E-state index contributed by atoms with van der Waals surface area (Å²) in [5, 5.41) is 0.375. The third-order valence-electron chi connectivity index (χ3n) is 4.65. The van der Waals surface area contributed by atoms with E-state index in [9.17, 15) is 0 Å². The Morgan fingerprint density at radius 3 is 2.56 bits per heavy atom. The van der Waals surface area contributed by atoms with E-state index in [1.807, 2.05) is 0 Å². The number of hydrogen-bond acceptors (Lipinski definition) is 0. The Morgan fingerprint density at radius 1 is 1.33 bits per heavy atom. The van der Waals surface area contributed by atoms with Gasteiger partial charge in [-0.2, -0.15) is 0 Å². The van der Waals surface area contributed by atoms with Crippen molar-refractivity contribution in [2.75, 3.05) is 0 Å². The molecule has 1 aliphatic rings. The molecule has 1 rings (SSSR count). The molecule has 18 heavy (non-hydrogen) atoms. The van der Waals surface area contributed by atoms with Gasteiger partial charge in [-0.3, -0.25) is 0 Å². The van der Waals surface area contributed by atoms with Crippen LogP contribution in [0.2, 0.25) is 0 Å². The molecule has 1 saturated carbocycles. The Hall–Kier alpha value is 0.0300. The molecule has 0 amide bonds. The minimum absolute atomic E-state index is 0.375. The molecule has 0 heterocycles. The lowest BCUT2D eigenvalue weighted by atomic mass is 9.82. The maximum Gasteiger partial charge on any atom is 0.0338 e. The van der Waals surface area contributed by atoms with Gasteiger partial charge in [-0.05, 0) is 49.4 Å². The average molecular weight is 271 g/mol. The largest absolute Gasteiger partial charge is 0.123 e. The third kappa shape index (κ3) is 4.61. The van der Waals surface area contributed by atoms with Gasteiger partial charge in [-0.1, -0.05) is 52.7 Å². The van der Waals surface area contributed by atoms with Crippen LogP contribution in [0.25, 0.3) is 0 Å². The first kappa shape index (κ1) is 16.1. The number of halogens is 1. The Kier molecular flexibility index (Phi) is 6.77. The molecule has 1 fully saturated rings. The average Bonchev–Trinajstić information content (AvgIpc) is 2.52. The number of rotatable bonds is 7. The van der Waals surface area contributed by atoms with E-state index in [0.29, 0.717) is 11.3 Å². The molecular formula is C17H31Cl. The molecular weight excluding hydrogens is 240 g/mol. The van der Waals surface area contributed by atoms with Crippen molar-refractivity contribution in [1.29, 1.82) is 0 Å². The number of alkyl halides is 1. The summed E-state index contributed by atoms with van der Waals surface area (Å²) < 4.78 is 0. The smallest absolute Gasteiger partial charge is 0.0338 e. The van der Waals surface area contributed by atoms with Gasteiger partial charge in [0.15, 0.2) is 0 Å². The van der Waals surface area contributed by atoms with Gasteiger partial charge in [0.1, 0.15) is 0 Å². The minimum Gasteiger partial charge on any atom is -0.123 e. The van der Waals surface area contributed by atoms with E-state index in [2.05, 4.69) is 34.3 Å². The van der Waals surface area contributed by atoms with Gasteiger partial charge in [0, 0.05) is 5.38 Å². The first-order valence-corrected chi connectivity index (χ1v) is 8.21. The Morgan fingerprint density at radius 2 is 2.00 bits per heavy atom. The van der Waals surface area contributed by atoms with Crippen molar-refractivity contribution in [3.63, 3.8) is 0 Å². The van der Waals surface area contributed by atoms with Gasteiger partial charge < -0.3 is 0 Å². The monoisotopic (exact) mass is 270 g/mol. The van der Waals surface area contributed by atoms with Gasteiger partial charge >= 0.3 is 0 Å². The second-order valence-electron chi connectivity index (χ2n) is 6.67. The van der Waals surface area contributed by atoms with Crippen molar-refractivity contribution < 1.29 is 0 Å². The summed E-state index contributed by atoms with van der Waals surface area (Å²) in [5.41, 5.74) is 1.47. The fraction of sp³-hybridized carbons (Fsp3) is 0.882. The summed E-state index contributed by atoms with van der Waals surface area (Å²) in [7, 11) is 0. The lowest BCUT2D eigenvalue weighted by Crippen LogP contribution is -2.17. The first-order chi connectivity index (χ1) is 8.45. The van der Waals surface area contributed by atoms with Crippen LogP contribution in [0.1, 0.15) is 66.2 Å². The van der Waals surface area contributed by atoms with E-state index in [-0.39, 0.29) is 0 Å². The predicted octanol–water partition coefficient (Wildman–Crippen LogP) is 6.05. The van der Waals surface area contributed by atoms with Crippen LogP contribution in [-0.2, 0) is 0 Å². The van der Waals surface area contributed by atoms with Crippen LogP contribution in [0, 0.1) is 23.7 Å². The Balaban J connectivity index is 2.54. The predicted molar refractivity (Wildman–Crippen MR) is 83.1 cm³/mol. The Labute approximate surface area is 119 Å². The maximum absolute atomic E-state index is 6.45. The molecule has 0 saturated heterocycles. The van der Waals surface area contributed by atoms with Gasteiger partial charge in [0.2, 0.25) is 0 Å². The molecule has 0 radical (unpaired) electrons. The van der Waals surface area contributed by atoms with Crippen molar-refractivity contribution in [3.05, 3.63) is 12.2 Å². The summed E-state index contributed by atoms with van der Waals surface area (Å²) in [6.45, 7) is 13.5. The normalized spacial score (nSPS) is 30.1. The van der Waals surface area contributed by atoms with E-state index in [0.717, 1.165) is 24.2 Å². The van der Waals surface area contributed by atoms with Gasteiger partial charge in [0.25, 0.3) is 0 Å². The highest BCUT2D eigenvalue weighted by atomic mass is 35.5. The summed E-state index contributed by atoms with van der Waals surface area (Å²) in [6, 6.07) is 0. The molecule has 0 N–H and O–H groups in total. The number of hydrogen-bond donors (Lipinski definition) is 0. The zero-order valence-corrected chi connectivity index (χ0v) is 13.5. The molecule has 0 spiro atoms. The van der Waals surface area contributed by atoms with Crippen LogP contribution in [0.15, 0.2) is 12.2 Å². The quantitative estimate of drug-likeness (QED) is 0.390. The van der Waals surface area contributed by atoms with Gasteiger partial charge in [0.05, 0.1) is 0 Å². The molecule has 106 valence electrons. The third-order valence-corrected chi connectivity index (χ3v) is 5.05. The highest BCUT2D eigenvalue weighted by molar-refractivity contribution is 6.20. The molecule has 0 aromatic carbocycles. The van der Waals surface area contributed by atoms with Crippen LogP contribution in [-0.4, -0.2) is 5.38 Å². The Bertz CT molecular complexity index is 256. The van der Waals surface area contributed by atoms with Crippen LogP contribution in [0.5, 0.6) is 0 Å². The van der Waals surface area contributed by atoms with E-state index in [1.165, 1.54) is 37.7 Å². The molecule has 4 atom stereocenters. The van der Waals surface area contributed by atoms with Crippen molar-refractivity contribution in [3.8, 4) is 0 Å². The molecule has 0 aliphatic heterocycles. The molecule has 4 unspecified atom stereocenters. The molecule has 1 aliphatic carbocycles. The van der Waals surface area contributed by atoms with Crippen molar-refractivity contribution in [2.24, 2.45) is 23.7 Å². The van der Waals surface area contributed by atoms with Crippen molar-refractivity contribution >= 4 is 11.6 Å². The molecule has 0 aromatic rings. The van der Waals surface area contributed by atoms with Gasteiger partial charge in [-0.15, -0.1) is 11.6 Å². The van der Waals surface area contributed by atoms with E-state index >= 15 is 0 Å². The lowest BCUT2D eigenvalue weighted by molar-refractivity contribution is 0.274. The highest BCUT2D eigenvalue weighted by Gasteiger charge is 2.36. The fourth-order valence-electron chi connectivity index (χ4n) is 3.41. The number of allylic oxidation sites excluding steroid dienone is 1. The SMILES string of the molecule is C=C1CC(CC(Cl)CCC)C(CCC(C)C)C1C. The summed E-state index contributed by atoms with van der Waals surface area (Å²) in [5.74, 6) is 3.15. The summed E-state index contributed by atoms with van der Waals surface area (Å²) in [4.78, 5) is 0. The first-order valence-electron chi connectivity index (χ1n) is 7.77. The summed E-state index contributed by atoms with van der Waals surface area (Å²) >= 11 is 6.45. The zero-order chi connectivity index (χ0) is 13.7. The van der Waals surface area contributed by atoms with E-state index in [1.54, 1.807) is 0 Å². The summed E-state index contributed by atoms with van der Waals surface area (Å²) in [6.07, 6.45) is 7.49. The molecule has 0 aromatic heterocycles. The molecule has 1 heteroatoms. The van der Waals surface area contributed by atoms with Crippen molar-refractivity contribution in [2.45, 2.75) is 71.6 Å². The second kappa shape index (κ2) is 7.58. The van der Waals surface area contributed by atoms with Crippen LogP contribution in [0.4, 0.5) is 0 Å². The van der Waals surface area contributed by atoms with E-state index in [4.69, 9.17) is 11.6 Å². The van der Waals surface area contributed by atoms with Gasteiger partial charge in [-0.25, -0.2) is 0 Å². The molecule has 0 bridgehead atoms.